The molecule has 1 unspecified atom stereocenters. The van der Waals surface area contributed by atoms with E-state index in [1.807, 2.05) is 24.4 Å². The van der Waals surface area contributed by atoms with Crippen LogP contribution in [0, 0.1) is 0 Å². The molecule has 1 heterocycles. The lowest BCUT2D eigenvalue weighted by Crippen LogP contribution is -2.24. The summed E-state index contributed by atoms with van der Waals surface area (Å²) < 4.78 is 5.32. The van der Waals surface area contributed by atoms with Crippen LogP contribution in [-0.2, 0) is 16.0 Å². The Morgan fingerprint density at radius 2 is 2.47 bits per heavy atom. The van der Waals surface area contributed by atoms with Crippen LogP contribution in [-0.4, -0.2) is 23.8 Å². The van der Waals surface area contributed by atoms with Crippen LogP contribution in [0.25, 0.3) is 0 Å². The maximum Gasteiger partial charge on any atom is 0.332 e. The molecule has 1 rings (SSSR count). The standard InChI is InChI=1S/C11H16O3S/c1-2-4-10(11(12)13)14-7-6-9-5-3-8-15-9/h3,5,8,10H,2,4,6-7H2,1H3,(H,12,13). The van der Waals surface area contributed by atoms with Gasteiger partial charge in [-0.15, -0.1) is 11.3 Å². The summed E-state index contributed by atoms with van der Waals surface area (Å²) in [5.41, 5.74) is 0. The number of aliphatic carboxylic acids is 1. The number of thiophene rings is 1. The van der Waals surface area contributed by atoms with Gasteiger partial charge in [-0.1, -0.05) is 19.4 Å². The molecule has 0 bridgehead atoms. The number of carbonyl (C=O) groups is 1. The summed E-state index contributed by atoms with van der Waals surface area (Å²) in [6, 6.07) is 4.02. The highest BCUT2D eigenvalue weighted by Crippen LogP contribution is 2.10. The summed E-state index contributed by atoms with van der Waals surface area (Å²) in [7, 11) is 0. The van der Waals surface area contributed by atoms with Gasteiger partial charge in [0.15, 0.2) is 6.10 Å². The number of carboxylic acid groups (broad SMARTS) is 1. The van der Waals surface area contributed by atoms with Gasteiger partial charge in [0.2, 0.25) is 0 Å². The highest BCUT2D eigenvalue weighted by molar-refractivity contribution is 7.09. The fraction of sp³-hybridized carbons (Fsp3) is 0.545. The summed E-state index contributed by atoms with van der Waals surface area (Å²) in [6.45, 7) is 2.44. The van der Waals surface area contributed by atoms with E-state index in [0.717, 1.165) is 12.8 Å². The van der Waals surface area contributed by atoms with E-state index in [-0.39, 0.29) is 0 Å². The Labute approximate surface area is 93.7 Å². The van der Waals surface area contributed by atoms with Crippen molar-refractivity contribution in [2.24, 2.45) is 0 Å². The molecule has 1 N–H and O–H groups in total. The van der Waals surface area contributed by atoms with Crippen LogP contribution in [0.5, 0.6) is 0 Å². The average Bonchev–Trinajstić information content (AvgIpc) is 2.69. The molecule has 0 saturated carbocycles. The van der Waals surface area contributed by atoms with Crippen molar-refractivity contribution in [3.8, 4) is 0 Å². The summed E-state index contributed by atoms with van der Waals surface area (Å²) in [5, 5.41) is 10.8. The molecule has 0 aliphatic carbocycles. The van der Waals surface area contributed by atoms with Crippen molar-refractivity contribution in [2.45, 2.75) is 32.3 Å². The maximum absolute atomic E-state index is 10.8. The quantitative estimate of drug-likeness (QED) is 0.780. The minimum atomic E-state index is -0.858. The summed E-state index contributed by atoms with van der Waals surface area (Å²) in [6.07, 6.45) is 1.57. The fourth-order valence-corrected chi connectivity index (χ4v) is 1.99. The van der Waals surface area contributed by atoms with Crippen molar-refractivity contribution in [1.82, 2.24) is 0 Å². The molecule has 0 aliphatic rings. The Balaban J connectivity index is 2.25. The van der Waals surface area contributed by atoms with Gasteiger partial charge < -0.3 is 9.84 Å². The lowest BCUT2D eigenvalue weighted by molar-refractivity contribution is -0.150. The lowest BCUT2D eigenvalue weighted by atomic mass is 10.2. The SMILES string of the molecule is CCCC(OCCc1cccs1)C(=O)O. The van der Waals surface area contributed by atoms with Gasteiger partial charge in [0.05, 0.1) is 6.61 Å². The Bertz CT molecular complexity index is 282. The van der Waals surface area contributed by atoms with Gasteiger partial charge in [0.25, 0.3) is 0 Å². The topological polar surface area (TPSA) is 46.5 Å². The Kier molecular flexibility index (Phi) is 5.36. The smallest absolute Gasteiger partial charge is 0.332 e. The highest BCUT2D eigenvalue weighted by atomic mass is 32.1. The molecule has 1 aromatic heterocycles. The molecular weight excluding hydrogens is 212 g/mol. The van der Waals surface area contributed by atoms with Crippen molar-refractivity contribution in [2.75, 3.05) is 6.61 Å². The summed E-state index contributed by atoms with van der Waals surface area (Å²) in [5.74, 6) is -0.858. The van der Waals surface area contributed by atoms with Crippen LogP contribution in [0.4, 0.5) is 0 Å². The van der Waals surface area contributed by atoms with Crippen molar-refractivity contribution >= 4 is 17.3 Å². The van der Waals surface area contributed by atoms with Crippen LogP contribution in [0.2, 0.25) is 0 Å². The molecule has 0 radical (unpaired) electrons. The predicted octanol–water partition coefficient (Wildman–Crippen LogP) is 2.56. The first kappa shape index (κ1) is 12.2. The van der Waals surface area contributed by atoms with E-state index < -0.39 is 12.1 Å². The van der Waals surface area contributed by atoms with Gasteiger partial charge in [-0.2, -0.15) is 0 Å². The monoisotopic (exact) mass is 228 g/mol. The molecule has 0 aromatic carbocycles. The van der Waals surface area contributed by atoms with Gasteiger partial charge in [0.1, 0.15) is 0 Å². The van der Waals surface area contributed by atoms with Gasteiger partial charge >= 0.3 is 5.97 Å². The first-order chi connectivity index (χ1) is 7.24. The molecular formula is C11H16O3S. The number of ether oxygens (including phenoxy) is 1. The number of carboxylic acids is 1. The minimum Gasteiger partial charge on any atom is -0.479 e. The van der Waals surface area contributed by atoms with Crippen molar-refractivity contribution in [3.05, 3.63) is 22.4 Å². The molecule has 0 spiro atoms. The Hall–Kier alpha value is -0.870. The zero-order chi connectivity index (χ0) is 11.1. The minimum absolute atomic E-state index is 0.484. The van der Waals surface area contributed by atoms with E-state index in [0.29, 0.717) is 13.0 Å². The third kappa shape index (κ3) is 4.44. The predicted molar refractivity (Wildman–Crippen MR) is 60.3 cm³/mol. The molecule has 4 heteroatoms. The number of rotatable bonds is 7. The zero-order valence-electron chi connectivity index (χ0n) is 8.81. The second-order valence-corrected chi connectivity index (χ2v) is 4.35. The number of hydrogen-bond donors (Lipinski definition) is 1. The van der Waals surface area contributed by atoms with Crippen LogP contribution < -0.4 is 0 Å². The van der Waals surface area contributed by atoms with E-state index in [9.17, 15) is 4.79 Å². The molecule has 3 nitrogen and oxygen atoms in total. The first-order valence-corrected chi connectivity index (χ1v) is 5.98. The van der Waals surface area contributed by atoms with E-state index in [1.165, 1.54) is 4.88 Å². The molecule has 84 valence electrons. The molecule has 1 aromatic rings. The molecule has 1 atom stereocenters. The molecule has 0 amide bonds. The van der Waals surface area contributed by atoms with E-state index >= 15 is 0 Å². The van der Waals surface area contributed by atoms with E-state index in [1.54, 1.807) is 11.3 Å². The number of hydrogen-bond acceptors (Lipinski definition) is 3. The zero-order valence-corrected chi connectivity index (χ0v) is 9.63. The van der Waals surface area contributed by atoms with Gasteiger partial charge in [-0.05, 0) is 17.9 Å². The lowest BCUT2D eigenvalue weighted by Gasteiger charge is -2.11. The summed E-state index contributed by atoms with van der Waals surface area (Å²) in [4.78, 5) is 12.0. The van der Waals surface area contributed by atoms with Gasteiger partial charge in [-0.25, -0.2) is 4.79 Å². The van der Waals surface area contributed by atoms with E-state index in [4.69, 9.17) is 9.84 Å². The van der Waals surface area contributed by atoms with Gasteiger partial charge in [0, 0.05) is 11.3 Å². The Morgan fingerprint density at radius 3 is 3.00 bits per heavy atom. The van der Waals surface area contributed by atoms with Crippen LogP contribution in [0.3, 0.4) is 0 Å². The molecule has 0 fully saturated rings. The van der Waals surface area contributed by atoms with Crippen LogP contribution in [0.15, 0.2) is 17.5 Å². The normalized spacial score (nSPS) is 12.6. The second kappa shape index (κ2) is 6.58. The van der Waals surface area contributed by atoms with Crippen LogP contribution in [0.1, 0.15) is 24.6 Å². The van der Waals surface area contributed by atoms with E-state index in [2.05, 4.69) is 0 Å². The van der Waals surface area contributed by atoms with Crippen molar-refractivity contribution < 1.29 is 14.6 Å². The molecule has 0 saturated heterocycles. The third-order valence-corrected chi connectivity index (χ3v) is 3.01. The summed E-state index contributed by atoms with van der Waals surface area (Å²) >= 11 is 1.67. The average molecular weight is 228 g/mol. The Morgan fingerprint density at radius 1 is 1.67 bits per heavy atom. The van der Waals surface area contributed by atoms with Gasteiger partial charge in [-0.3, -0.25) is 0 Å². The van der Waals surface area contributed by atoms with Crippen LogP contribution >= 0.6 is 11.3 Å². The fourth-order valence-electron chi connectivity index (χ4n) is 1.30. The largest absolute Gasteiger partial charge is 0.479 e. The molecule has 15 heavy (non-hydrogen) atoms. The van der Waals surface area contributed by atoms with Crippen molar-refractivity contribution in [1.29, 1.82) is 0 Å². The first-order valence-electron chi connectivity index (χ1n) is 5.10. The van der Waals surface area contributed by atoms with Crippen molar-refractivity contribution in [3.63, 3.8) is 0 Å². The second-order valence-electron chi connectivity index (χ2n) is 3.32. The molecule has 0 aliphatic heterocycles. The highest BCUT2D eigenvalue weighted by Gasteiger charge is 2.16. The third-order valence-electron chi connectivity index (χ3n) is 2.07. The maximum atomic E-state index is 10.8.